The highest BCUT2D eigenvalue weighted by atomic mass is 35.5. The third-order valence-electron chi connectivity index (χ3n) is 5.56. The molecule has 0 fully saturated rings. The van der Waals surface area contributed by atoms with Gasteiger partial charge in [0.05, 0.1) is 0 Å². The SMILES string of the molecule is CC(C)[C@@H](C(=O)N[C@@](C#N)(Cc1ccc(Cl)cc1)C(=O)OC(C)(C)C)N(Cc1ccccc1)C(=O)C(Cl)Cl. The van der Waals surface area contributed by atoms with Gasteiger partial charge < -0.3 is 15.0 Å². The Hall–Kier alpha value is -2.79. The van der Waals surface area contributed by atoms with Gasteiger partial charge >= 0.3 is 5.97 Å². The van der Waals surface area contributed by atoms with Crippen LogP contribution < -0.4 is 5.32 Å². The van der Waals surface area contributed by atoms with Crippen LogP contribution in [0.1, 0.15) is 45.7 Å². The zero-order valence-electron chi connectivity index (χ0n) is 22.0. The first-order valence-electron chi connectivity index (χ1n) is 12.0. The number of nitrogens with one attached hydrogen (secondary N) is 1. The third kappa shape index (κ3) is 8.62. The van der Waals surface area contributed by atoms with Gasteiger partial charge in [0.2, 0.25) is 11.4 Å². The van der Waals surface area contributed by atoms with Gasteiger partial charge in [0, 0.05) is 18.0 Å². The quantitative estimate of drug-likeness (QED) is 0.297. The lowest BCUT2D eigenvalue weighted by molar-refractivity contribution is -0.162. The van der Waals surface area contributed by atoms with Gasteiger partial charge in [-0.15, -0.1) is 0 Å². The fourth-order valence-electron chi connectivity index (χ4n) is 3.86. The molecule has 0 spiro atoms. The molecule has 0 heterocycles. The molecular weight excluding hydrogens is 549 g/mol. The van der Waals surface area contributed by atoms with Crippen molar-refractivity contribution in [3.8, 4) is 6.07 Å². The predicted molar refractivity (Wildman–Crippen MR) is 149 cm³/mol. The van der Waals surface area contributed by atoms with Crippen LogP contribution in [0, 0.1) is 17.2 Å². The summed E-state index contributed by atoms with van der Waals surface area (Å²) in [5.74, 6) is -2.75. The lowest BCUT2D eigenvalue weighted by Crippen LogP contribution is -2.62. The van der Waals surface area contributed by atoms with Gasteiger partial charge in [-0.3, -0.25) is 9.59 Å². The van der Waals surface area contributed by atoms with E-state index in [0.29, 0.717) is 10.6 Å². The summed E-state index contributed by atoms with van der Waals surface area (Å²) < 4.78 is 5.55. The van der Waals surface area contributed by atoms with Crippen molar-refractivity contribution in [2.75, 3.05) is 0 Å². The first-order valence-corrected chi connectivity index (χ1v) is 13.3. The molecule has 2 aromatic carbocycles. The highest BCUT2D eigenvalue weighted by Crippen LogP contribution is 2.24. The zero-order chi connectivity index (χ0) is 28.7. The number of amides is 2. The van der Waals surface area contributed by atoms with E-state index in [1.807, 2.05) is 12.1 Å². The summed E-state index contributed by atoms with van der Waals surface area (Å²) in [4.78, 5) is 40.2. The number of benzene rings is 2. The fraction of sp³-hybridized carbons (Fsp3) is 0.429. The van der Waals surface area contributed by atoms with E-state index < -0.39 is 45.7 Å². The molecule has 0 aliphatic rings. The normalized spacial score (nSPS) is 13.8. The van der Waals surface area contributed by atoms with Gasteiger partial charge in [0.1, 0.15) is 17.7 Å². The fourth-order valence-corrected chi connectivity index (χ4v) is 4.24. The van der Waals surface area contributed by atoms with Crippen LogP contribution in [0.2, 0.25) is 5.02 Å². The second-order valence-electron chi connectivity index (χ2n) is 10.3. The minimum Gasteiger partial charge on any atom is -0.457 e. The van der Waals surface area contributed by atoms with E-state index in [0.717, 1.165) is 5.56 Å². The molecule has 1 N–H and O–H groups in total. The molecule has 204 valence electrons. The van der Waals surface area contributed by atoms with E-state index in [-0.39, 0.29) is 13.0 Å². The van der Waals surface area contributed by atoms with Crippen LogP contribution in [0.25, 0.3) is 0 Å². The monoisotopic (exact) mass is 579 g/mol. The van der Waals surface area contributed by atoms with E-state index in [1.54, 1.807) is 83.1 Å². The first-order chi connectivity index (χ1) is 17.7. The maximum Gasteiger partial charge on any atom is 0.347 e. The Kier molecular flexibility index (Phi) is 11.0. The van der Waals surface area contributed by atoms with Crippen molar-refractivity contribution >= 4 is 52.6 Å². The number of alkyl halides is 2. The number of rotatable bonds is 10. The molecule has 0 aliphatic carbocycles. The van der Waals surface area contributed by atoms with Crippen molar-refractivity contribution in [3.63, 3.8) is 0 Å². The van der Waals surface area contributed by atoms with Crippen LogP contribution in [-0.2, 0) is 32.1 Å². The number of halogens is 3. The second kappa shape index (κ2) is 13.3. The second-order valence-corrected chi connectivity index (χ2v) is 11.8. The van der Waals surface area contributed by atoms with Gasteiger partial charge in [-0.25, -0.2) is 4.79 Å². The molecule has 2 atom stereocenters. The third-order valence-corrected chi connectivity index (χ3v) is 6.18. The molecular formula is C28H32Cl3N3O4. The topological polar surface area (TPSA) is 99.5 Å². The number of nitriles is 1. The standard InChI is InChI=1S/C28H32Cl3N3O4/c1-18(2)22(34(25(36)23(30)31)16-20-9-7-6-8-10-20)24(35)33-28(17-32,26(37)38-27(3,4)5)15-19-11-13-21(29)14-12-19/h6-14,18,22-23H,15-16H2,1-5H3,(H,33,35)/t22-,28+/m0/s1. The number of hydrogen-bond acceptors (Lipinski definition) is 5. The lowest BCUT2D eigenvalue weighted by Gasteiger charge is -2.37. The summed E-state index contributed by atoms with van der Waals surface area (Å²) in [6, 6.07) is 16.4. The Morgan fingerprint density at radius 1 is 1.00 bits per heavy atom. The van der Waals surface area contributed by atoms with E-state index in [4.69, 9.17) is 39.5 Å². The lowest BCUT2D eigenvalue weighted by atomic mass is 9.90. The Morgan fingerprint density at radius 3 is 2.05 bits per heavy atom. The summed E-state index contributed by atoms with van der Waals surface area (Å²) in [6.07, 6.45) is -0.188. The van der Waals surface area contributed by atoms with Crippen molar-refractivity contribution in [3.05, 3.63) is 70.7 Å². The van der Waals surface area contributed by atoms with Gasteiger partial charge in [-0.1, -0.05) is 91.1 Å². The summed E-state index contributed by atoms with van der Waals surface area (Å²) in [6.45, 7) is 8.51. The van der Waals surface area contributed by atoms with E-state index in [1.165, 1.54) is 4.90 Å². The van der Waals surface area contributed by atoms with Crippen LogP contribution in [0.5, 0.6) is 0 Å². The Balaban J connectivity index is 2.53. The van der Waals surface area contributed by atoms with Crippen LogP contribution >= 0.6 is 34.8 Å². The summed E-state index contributed by atoms with van der Waals surface area (Å²) in [5, 5.41) is 13.4. The largest absolute Gasteiger partial charge is 0.457 e. The molecule has 2 amide bonds. The molecule has 0 radical (unpaired) electrons. The Morgan fingerprint density at radius 2 is 1.58 bits per heavy atom. The highest BCUT2D eigenvalue weighted by Gasteiger charge is 2.47. The number of carbonyl (C=O) groups excluding carboxylic acids is 3. The minimum absolute atomic E-state index is 0.0368. The summed E-state index contributed by atoms with van der Waals surface area (Å²) in [7, 11) is 0. The van der Waals surface area contributed by atoms with Gasteiger partial charge in [0.15, 0.2) is 4.84 Å². The molecule has 7 nitrogen and oxygen atoms in total. The van der Waals surface area contributed by atoms with Crippen LogP contribution in [0.15, 0.2) is 54.6 Å². The maximum atomic E-state index is 13.9. The van der Waals surface area contributed by atoms with Gasteiger partial charge in [-0.2, -0.15) is 5.26 Å². The summed E-state index contributed by atoms with van der Waals surface area (Å²) >= 11 is 17.9. The van der Waals surface area contributed by atoms with Crippen molar-refractivity contribution in [2.24, 2.45) is 5.92 Å². The predicted octanol–water partition coefficient (Wildman–Crippen LogP) is 5.46. The summed E-state index contributed by atoms with van der Waals surface area (Å²) in [5.41, 5.74) is -1.70. The maximum absolute atomic E-state index is 13.9. The molecule has 38 heavy (non-hydrogen) atoms. The van der Waals surface area contributed by atoms with E-state index >= 15 is 0 Å². The molecule has 2 aromatic rings. The minimum atomic E-state index is -2.09. The average Bonchev–Trinajstić information content (AvgIpc) is 2.83. The molecule has 2 rings (SSSR count). The molecule has 0 saturated carbocycles. The molecule has 0 aliphatic heterocycles. The molecule has 10 heteroatoms. The molecule has 0 bridgehead atoms. The van der Waals surface area contributed by atoms with Crippen molar-refractivity contribution in [1.29, 1.82) is 5.26 Å². The highest BCUT2D eigenvalue weighted by molar-refractivity contribution is 6.53. The zero-order valence-corrected chi connectivity index (χ0v) is 24.3. The van der Waals surface area contributed by atoms with E-state index in [2.05, 4.69) is 5.32 Å². The number of hydrogen-bond donors (Lipinski definition) is 1. The van der Waals surface area contributed by atoms with Gasteiger partial charge in [-0.05, 0) is 49.9 Å². The van der Waals surface area contributed by atoms with Crippen LogP contribution in [-0.4, -0.2) is 44.7 Å². The molecule has 0 aromatic heterocycles. The Bertz CT molecular complexity index is 1160. The first kappa shape index (κ1) is 31.4. The smallest absolute Gasteiger partial charge is 0.347 e. The number of ether oxygens (including phenoxy) is 1. The van der Waals surface area contributed by atoms with Crippen LogP contribution in [0.3, 0.4) is 0 Å². The van der Waals surface area contributed by atoms with E-state index in [9.17, 15) is 19.6 Å². The number of esters is 1. The molecule has 0 saturated heterocycles. The van der Waals surface area contributed by atoms with Gasteiger partial charge in [0.25, 0.3) is 5.91 Å². The number of carbonyl (C=O) groups is 3. The number of nitrogens with zero attached hydrogens (tertiary/aromatic N) is 2. The Labute approximate surface area is 239 Å². The van der Waals surface area contributed by atoms with Crippen molar-refractivity contribution < 1.29 is 19.1 Å². The molecule has 0 unspecified atom stereocenters. The average molecular weight is 581 g/mol. The van der Waals surface area contributed by atoms with Crippen molar-refractivity contribution in [2.45, 2.75) is 69.6 Å². The van der Waals surface area contributed by atoms with Crippen LogP contribution in [0.4, 0.5) is 0 Å². The van der Waals surface area contributed by atoms with Crippen molar-refractivity contribution in [1.82, 2.24) is 10.2 Å².